The fraction of sp³-hybridized carbons (Fsp3) is 0.400. The van der Waals surface area contributed by atoms with Gasteiger partial charge in [0.1, 0.15) is 12.7 Å². The summed E-state index contributed by atoms with van der Waals surface area (Å²) in [4.78, 5) is 41.1. The topological polar surface area (TPSA) is 136 Å². The molecule has 172 valence electrons. The van der Waals surface area contributed by atoms with Crippen molar-refractivity contribution in [1.29, 1.82) is 0 Å². The van der Waals surface area contributed by atoms with Crippen LogP contribution in [-0.4, -0.2) is 63.8 Å². The molecule has 0 saturated carbocycles. The maximum Gasteiger partial charge on any atom is 0.338 e. The van der Waals surface area contributed by atoms with Crippen LogP contribution in [0.25, 0.3) is 11.2 Å². The van der Waals surface area contributed by atoms with Crippen LogP contribution in [0.15, 0.2) is 28.0 Å². The molecule has 2 heterocycles. The lowest BCUT2D eigenvalue weighted by Crippen LogP contribution is -2.38. The molecule has 3 aromatic rings. The van der Waals surface area contributed by atoms with Crippen molar-refractivity contribution in [3.05, 3.63) is 44.9 Å². The number of hydrogen-bond acceptors (Lipinski definition) is 9. The van der Waals surface area contributed by atoms with Crippen molar-refractivity contribution in [1.82, 2.24) is 18.7 Å². The van der Waals surface area contributed by atoms with Crippen molar-refractivity contribution < 1.29 is 28.8 Å². The van der Waals surface area contributed by atoms with Crippen molar-refractivity contribution in [2.24, 2.45) is 14.1 Å². The van der Waals surface area contributed by atoms with Crippen LogP contribution in [0.4, 0.5) is 0 Å². The Morgan fingerprint density at radius 3 is 2.25 bits per heavy atom. The molecule has 0 amide bonds. The summed E-state index contributed by atoms with van der Waals surface area (Å²) < 4.78 is 24.5. The van der Waals surface area contributed by atoms with Gasteiger partial charge in [0.05, 0.1) is 39.8 Å². The minimum absolute atomic E-state index is 0.0769. The fourth-order valence-electron chi connectivity index (χ4n) is 3.27. The van der Waals surface area contributed by atoms with Gasteiger partial charge in [0.2, 0.25) is 5.75 Å². The number of hydrogen-bond donors (Lipinski definition) is 1. The van der Waals surface area contributed by atoms with E-state index < -0.39 is 23.3 Å². The number of carbonyl (C=O) groups excluding carboxylic acids is 1. The molecule has 1 atom stereocenters. The third-order valence-electron chi connectivity index (χ3n) is 4.93. The molecule has 0 bridgehead atoms. The lowest BCUT2D eigenvalue weighted by molar-refractivity contribution is 0.0219. The summed E-state index contributed by atoms with van der Waals surface area (Å²) in [5.41, 5.74) is -0.553. The zero-order chi connectivity index (χ0) is 23.6. The highest BCUT2D eigenvalue weighted by Crippen LogP contribution is 2.38. The molecular weight excluding hydrogens is 424 g/mol. The number of ether oxygens (including phenoxy) is 4. The van der Waals surface area contributed by atoms with Crippen molar-refractivity contribution in [2.45, 2.75) is 12.6 Å². The molecule has 0 aliphatic carbocycles. The van der Waals surface area contributed by atoms with Gasteiger partial charge in [-0.3, -0.25) is 13.9 Å². The molecular formula is C20H24N4O8. The number of esters is 1. The highest BCUT2D eigenvalue weighted by atomic mass is 16.5. The zero-order valence-corrected chi connectivity index (χ0v) is 18.3. The molecule has 0 radical (unpaired) electrons. The fourth-order valence-corrected chi connectivity index (χ4v) is 3.27. The van der Waals surface area contributed by atoms with E-state index in [1.54, 1.807) is 0 Å². The molecule has 1 unspecified atom stereocenters. The van der Waals surface area contributed by atoms with Gasteiger partial charge in [-0.25, -0.2) is 14.6 Å². The Labute approximate surface area is 182 Å². The van der Waals surface area contributed by atoms with E-state index in [-0.39, 0.29) is 41.4 Å². The summed E-state index contributed by atoms with van der Waals surface area (Å²) in [6.45, 7) is -0.423. The number of fused-ring (bicyclic) bond motifs is 1. The summed E-state index contributed by atoms with van der Waals surface area (Å²) in [7, 11) is 7.14. The average molecular weight is 448 g/mol. The highest BCUT2D eigenvalue weighted by molar-refractivity contribution is 5.91. The second-order valence-corrected chi connectivity index (χ2v) is 6.94. The molecule has 0 saturated heterocycles. The molecule has 32 heavy (non-hydrogen) atoms. The van der Waals surface area contributed by atoms with E-state index in [9.17, 15) is 19.5 Å². The Morgan fingerprint density at radius 2 is 1.69 bits per heavy atom. The Hall–Kier alpha value is -3.80. The van der Waals surface area contributed by atoms with Crippen LogP contribution < -0.4 is 25.5 Å². The molecule has 0 spiro atoms. The molecule has 3 rings (SSSR count). The summed E-state index contributed by atoms with van der Waals surface area (Å²) >= 11 is 0. The lowest BCUT2D eigenvalue weighted by Gasteiger charge is -2.15. The van der Waals surface area contributed by atoms with E-state index in [0.717, 1.165) is 4.57 Å². The number of methoxy groups -OCH3 is 3. The van der Waals surface area contributed by atoms with Crippen molar-refractivity contribution in [3.63, 3.8) is 0 Å². The molecule has 12 nitrogen and oxygen atoms in total. The number of aromatic nitrogens is 4. The highest BCUT2D eigenvalue weighted by Gasteiger charge is 2.20. The largest absolute Gasteiger partial charge is 0.493 e. The SMILES string of the molecule is COc1cc(C(=O)OCC(O)Cn2cnc3c2c(=O)n(C)c(=O)n3C)cc(OC)c1OC. The smallest absolute Gasteiger partial charge is 0.338 e. The van der Waals surface area contributed by atoms with Crippen LogP contribution in [0.3, 0.4) is 0 Å². The molecule has 0 aliphatic rings. The van der Waals surface area contributed by atoms with Crippen LogP contribution in [0.5, 0.6) is 17.2 Å². The van der Waals surface area contributed by atoms with Gasteiger partial charge in [0, 0.05) is 14.1 Å². The number of nitrogens with zero attached hydrogens (tertiary/aromatic N) is 4. The molecule has 2 aromatic heterocycles. The molecule has 0 fully saturated rings. The number of aliphatic hydroxyl groups excluding tert-OH is 1. The minimum atomic E-state index is -1.14. The molecule has 0 aliphatic heterocycles. The van der Waals surface area contributed by atoms with Crippen LogP contribution in [-0.2, 0) is 25.4 Å². The lowest BCUT2D eigenvalue weighted by atomic mass is 10.2. The third kappa shape index (κ3) is 4.04. The van der Waals surface area contributed by atoms with Crippen LogP contribution in [0.1, 0.15) is 10.4 Å². The van der Waals surface area contributed by atoms with E-state index in [1.807, 2.05) is 0 Å². The van der Waals surface area contributed by atoms with E-state index in [0.29, 0.717) is 5.75 Å². The first-order chi connectivity index (χ1) is 15.2. The molecule has 12 heteroatoms. The van der Waals surface area contributed by atoms with Gasteiger partial charge >= 0.3 is 11.7 Å². The number of imidazole rings is 1. The summed E-state index contributed by atoms with van der Waals surface area (Å²) in [6.07, 6.45) is 0.204. The predicted molar refractivity (Wildman–Crippen MR) is 113 cm³/mol. The zero-order valence-electron chi connectivity index (χ0n) is 18.3. The minimum Gasteiger partial charge on any atom is -0.493 e. The predicted octanol–water partition coefficient (Wildman–Crippen LogP) is -0.323. The number of rotatable bonds is 8. The van der Waals surface area contributed by atoms with Gasteiger partial charge < -0.3 is 28.6 Å². The summed E-state index contributed by atoms with van der Waals surface area (Å²) in [5, 5.41) is 10.4. The average Bonchev–Trinajstić information content (AvgIpc) is 3.22. The van der Waals surface area contributed by atoms with E-state index in [4.69, 9.17) is 18.9 Å². The monoisotopic (exact) mass is 448 g/mol. The molecule has 1 aromatic carbocycles. The van der Waals surface area contributed by atoms with Crippen molar-refractivity contribution in [2.75, 3.05) is 27.9 Å². The summed E-state index contributed by atoms with van der Waals surface area (Å²) in [5.74, 6) is 0.183. The Balaban J connectivity index is 1.76. The normalized spacial score (nSPS) is 11.9. The maximum absolute atomic E-state index is 12.5. The quantitative estimate of drug-likeness (QED) is 0.460. The number of aliphatic hydroxyl groups is 1. The first kappa shape index (κ1) is 22.9. The van der Waals surface area contributed by atoms with Crippen LogP contribution in [0.2, 0.25) is 0 Å². The molecule has 1 N–H and O–H groups in total. The second-order valence-electron chi connectivity index (χ2n) is 6.94. The Bertz CT molecular complexity index is 1250. The van der Waals surface area contributed by atoms with Crippen molar-refractivity contribution in [3.8, 4) is 17.2 Å². The van der Waals surface area contributed by atoms with Crippen molar-refractivity contribution >= 4 is 17.1 Å². The van der Waals surface area contributed by atoms with Gasteiger partial charge in [0.15, 0.2) is 22.7 Å². The van der Waals surface area contributed by atoms with Gasteiger partial charge in [-0.1, -0.05) is 0 Å². The van der Waals surface area contributed by atoms with E-state index in [1.165, 1.54) is 63.0 Å². The Morgan fingerprint density at radius 1 is 1.06 bits per heavy atom. The second kappa shape index (κ2) is 9.14. The van der Waals surface area contributed by atoms with Gasteiger partial charge in [-0.15, -0.1) is 0 Å². The third-order valence-corrected chi connectivity index (χ3v) is 4.93. The standard InChI is InChI=1S/C20H24N4O8/c1-22-17-15(18(26)23(2)20(22)28)24(10-21-17)8-12(25)9-32-19(27)11-6-13(29-3)16(31-5)14(7-11)30-4/h6-7,10,12,25H,8-9H2,1-5H3. The number of carbonyl (C=O) groups is 1. The first-order valence-electron chi connectivity index (χ1n) is 9.49. The van der Waals surface area contributed by atoms with E-state index >= 15 is 0 Å². The maximum atomic E-state index is 12.5. The summed E-state index contributed by atoms with van der Waals surface area (Å²) in [6, 6.07) is 2.87. The van der Waals surface area contributed by atoms with Crippen LogP contribution in [0, 0.1) is 0 Å². The van der Waals surface area contributed by atoms with E-state index in [2.05, 4.69) is 4.98 Å². The number of aryl methyl sites for hydroxylation is 1. The van der Waals surface area contributed by atoms with Gasteiger partial charge in [-0.2, -0.15) is 0 Å². The Kier molecular flexibility index (Phi) is 6.53. The number of benzene rings is 1. The van der Waals surface area contributed by atoms with Gasteiger partial charge in [-0.05, 0) is 12.1 Å². The van der Waals surface area contributed by atoms with Crippen LogP contribution >= 0.6 is 0 Å². The van der Waals surface area contributed by atoms with Gasteiger partial charge in [0.25, 0.3) is 5.56 Å². The first-order valence-corrected chi connectivity index (χ1v) is 9.49.